The Balaban J connectivity index is 1.78. The Morgan fingerprint density at radius 1 is 1.47 bits per heavy atom. The number of hydrogen-bond acceptors (Lipinski definition) is 3. The maximum Gasteiger partial charge on any atom is 0.0329 e. The molecule has 2 fully saturated rings. The van der Waals surface area contributed by atoms with Crippen molar-refractivity contribution >= 4 is 10.8 Å². The molecule has 100 valence electrons. The highest BCUT2D eigenvalue weighted by atomic mass is 32.2. The van der Waals surface area contributed by atoms with E-state index in [2.05, 4.69) is 24.1 Å². The van der Waals surface area contributed by atoms with Crippen LogP contribution in [-0.4, -0.2) is 52.3 Å². The molecule has 1 heterocycles. The van der Waals surface area contributed by atoms with Crippen LogP contribution in [0.4, 0.5) is 0 Å². The van der Waals surface area contributed by atoms with Gasteiger partial charge in [0.1, 0.15) is 0 Å². The van der Waals surface area contributed by atoms with E-state index in [4.69, 9.17) is 0 Å². The number of hydrogen-bond donors (Lipinski definition) is 1. The molecular formula is C13H26N2OS. The van der Waals surface area contributed by atoms with E-state index >= 15 is 0 Å². The molecule has 0 aromatic rings. The predicted octanol–water partition coefficient (Wildman–Crippen LogP) is 1.22. The van der Waals surface area contributed by atoms with Crippen molar-refractivity contribution in [2.75, 3.05) is 25.9 Å². The fraction of sp³-hybridized carbons (Fsp3) is 1.00. The second-order valence-electron chi connectivity index (χ2n) is 5.79. The molecule has 0 radical (unpaired) electrons. The Bertz CT molecular complexity index is 281. The molecule has 0 aromatic carbocycles. The molecule has 0 bridgehead atoms. The third kappa shape index (κ3) is 3.76. The normalized spacial score (nSPS) is 34.5. The van der Waals surface area contributed by atoms with E-state index in [1.165, 1.54) is 19.4 Å². The first-order valence-electron chi connectivity index (χ1n) is 6.87. The Morgan fingerprint density at radius 3 is 2.76 bits per heavy atom. The highest BCUT2D eigenvalue weighted by Crippen LogP contribution is 2.34. The Hall–Kier alpha value is 0.0700. The van der Waals surface area contributed by atoms with Crippen LogP contribution in [0.25, 0.3) is 0 Å². The highest BCUT2D eigenvalue weighted by Gasteiger charge is 2.35. The fourth-order valence-electron chi connectivity index (χ4n) is 2.59. The van der Waals surface area contributed by atoms with Gasteiger partial charge in [0, 0.05) is 47.5 Å². The van der Waals surface area contributed by atoms with Gasteiger partial charge in [-0.3, -0.25) is 9.11 Å². The van der Waals surface area contributed by atoms with E-state index in [1.54, 1.807) is 0 Å². The van der Waals surface area contributed by atoms with E-state index in [0.29, 0.717) is 17.3 Å². The van der Waals surface area contributed by atoms with Crippen LogP contribution in [0, 0.1) is 5.92 Å². The smallest absolute Gasteiger partial charge is 0.0329 e. The second-order valence-corrected chi connectivity index (χ2v) is 7.60. The summed E-state index contributed by atoms with van der Waals surface area (Å²) in [6, 6.07) is 1.34. The van der Waals surface area contributed by atoms with Gasteiger partial charge in [0.15, 0.2) is 0 Å². The van der Waals surface area contributed by atoms with Crippen molar-refractivity contribution in [2.45, 2.75) is 50.4 Å². The van der Waals surface area contributed by atoms with Crippen LogP contribution in [0.5, 0.6) is 0 Å². The summed E-state index contributed by atoms with van der Waals surface area (Å²) in [4.78, 5) is 2.59. The highest BCUT2D eigenvalue weighted by molar-refractivity contribution is 7.84. The molecule has 1 N–H and O–H groups in total. The maximum atomic E-state index is 11.4. The van der Waals surface area contributed by atoms with Crippen molar-refractivity contribution in [1.29, 1.82) is 0 Å². The monoisotopic (exact) mass is 258 g/mol. The number of rotatable bonds is 5. The maximum absolute atomic E-state index is 11.4. The van der Waals surface area contributed by atoms with E-state index in [9.17, 15) is 4.21 Å². The lowest BCUT2D eigenvalue weighted by atomic mass is 10.1. The third-order valence-electron chi connectivity index (χ3n) is 4.31. The molecule has 17 heavy (non-hydrogen) atoms. The summed E-state index contributed by atoms with van der Waals surface area (Å²) < 4.78 is 11.4. The first kappa shape index (κ1) is 13.5. The molecule has 0 aromatic heterocycles. The summed E-state index contributed by atoms with van der Waals surface area (Å²) >= 11 is 0. The van der Waals surface area contributed by atoms with E-state index in [1.807, 2.05) is 6.26 Å². The molecule has 4 heteroatoms. The van der Waals surface area contributed by atoms with E-state index in [-0.39, 0.29) is 0 Å². The molecule has 1 aliphatic heterocycles. The van der Waals surface area contributed by atoms with Gasteiger partial charge in [-0.2, -0.15) is 0 Å². The molecule has 0 amide bonds. The van der Waals surface area contributed by atoms with Crippen LogP contribution in [0.3, 0.4) is 0 Å². The van der Waals surface area contributed by atoms with Crippen LogP contribution >= 0.6 is 0 Å². The number of nitrogens with zero attached hydrogens (tertiary/aromatic N) is 1. The standard InChI is InChI=1S/C13H26N2OS/c1-10-8-14-13(12-4-5-12)9-15(10)7-6-11(2)17(3)16/h10-14H,4-9H2,1-3H3. The van der Waals surface area contributed by atoms with Crippen molar-refractivity contribution < 1.29 is 4.21 Å². The predicted molar refractivity (Wildman–Crippen MR) is 73.7 cm³/mol. The Morgan fingerprint density at radius 2 is 2.18 bits per heavy atom. The van der Waals surface area contributed by atoms with Crippen molar-refractivity contribution in [3.8, 4) is 0 Å². The van der Waals surface area contributed by atoms with E-state index < -0.39 is 10.8 Å². The summed E-state index contributed by atoms with van der Waals surface area (Å²) in [5.74, 6) is 0.933. The Kier molecular flexibility index (Phi) is 4.61. The summed E-state index contributed by atoms with van der Waals surface area (Å²) in [6.07, 6.45) is 5.70. The largest absolute Gasteiger partial charge is 0.311 e. The average molecular weight is 258 g/mol. The molecule has 2 rings (SSSR count). The van der Waals surface area contributed by atoms with Gasteiger partial charge < -0.3 is 5.32 Å². The second kappa shape index (κ2) is 5.81. The average Bonchev–Trinajstić information content (AvgIpc) is 3.11. The van der Waals surface area contributed by atoms with Gasteiger partial charge in [-0.15, -0.1) is 0 Å². The topological polar surface area (TPSA) is 32.3 Å². The zero-order valence-electron chi connectivity index (χ0n) is 11.3. The molecular weight excluding hydrogens is 232 g/mol. The molecule has 1 saturated carbocycles. The van der Waals surface area contributed by atoms with Gasteiger partial charge >= 0.3 is 0 Å². The number of piperazine rings is 1. The minimum Gasteiger partial charge on any atom is -0.311 e. The number of nitrogens with one attached hydrogen (secondary N) is 1. The zero-order valence-corrected chi connectivity index (χ0v) is 12.1. The summed E-state index contributed by atoms with van der Waals surface area (Å²) in [5.41, 5.74) is 0. The summed E-state index contributed by atoms with van der Waals surface area (Å²) in [5, 5.41) is 4.00. The molecule has 4 atom stereocenters. The van der Waals surface area contributed by atoms with Crippen LogP contribution < -0.4 is 5.32 Å². The van der Waals surface area contributed by atoms with Crippen LogP contribution in [0.15, 0.2) is 0 Å². The van der Waals surface area contributed by atoms with E-state index in [0.717, 1.165) is 25.4 Å². The van der Waals surface area contributed by atoms with Crippen LogP contribution in [0.1, 0.15) is 33.1 Å². The molecule has 1 saturated heterocycles. The molecule has 1 aliphatic carbocycles. The van der Waals surface area contributed by atoms with Gasteiger partial charge in [-0.25, -0.2) is 0 Å². The van der Waals surface area contributed by atoms with Crippen LogP contribution in [-0.2, 0) is 10.8 Å². The van der Waals surface area contributed by atoms with Crippen molar-refractivity contribution in [3.05, 3.63) is 0 Å². The lowest BCUT2D eigenvalue weighted by Crippen LogP contribution is -2.56. The zero-order chi connectivity index (χ0) is 12.4. The van der Waals surface area contributed by atoms with Crippen molar-refractivity contribution in [2.24, 2.45) is 5.92 Å². The third-order valence-corrected chi connectivity index (χ3v) is 5.68. The van der Waals surface area contributed by atoms with Crippen molar-refractivity contribution in [3.63, 3.8) is 0 Å². The lowest BCUT2D eigenvalue weighted by molar-refractivity contribution is 0.131. The molecule has 0 spiro atoms. The van der Waals surface area contributed by atoms with Gasteiger partial charge in [-0.05, 0) is 38.6 Å². The van der Waals surface area contributed by atoms with Gasteiger partial charge in [0.05, 0.1) is 0 Å². The van der Waals surface area contributed by atoms with Crippen LogP contribution in [0.2, 0.25) is 0 Å². The van der Waals surface area contributed by atoms with Crippen molar-refractivity contribution in [1.82, 2.24) is 10.2 Å². The molecule has 3 nitrogen and oxygen atoms in total. The minimum absolute atomic E-state index is 0.330. The SMILES string of the molecule is CC1CNC(C2CC2)CN1CCC(C)S(C)=O. The fourth-order valence-corrected chi connectivity index (χ4v) is 3.03. The molecule has 2 aliphatic rings. The summed E-state index contributed by atoms with van der Waals surface area (Å²) in [7, 11) is -0.673. The quantitative estimate of drug-likeness (QED) is 0.805. The van der Waals surface area contributed by atoms with Gasteiger partial charge in [0.25, 0.3) is 0 Å². The van der Waals surface area contributed by atoms with Gasteiger partial charge in [0.2, 0.25) is 0 Å². The molecule has 4 unspecified atom stereocenters. The lowest BCUT2D eigenvalue weighted by Gasteiger charge is -2.39. The Labute approximate surface area is 108 Å². The van der Waals surface area contributed by atoms with Gasteiger partial charge in [-0.1, -0.05) is 6.92 Å². The minimum atomic E-state index is -0.673. The first-order valence-corrected chi connectivity index (χ1v) is 8.49. The first-order chi connectivity index (χ1) is 8.08. The summed E-state index contributed by atoms with van der Waals surface area (Å²) in [6.45, 7) is 7.80.